The van der Waals surface area contributed by atoms with Gasteiger partial charge in [-0.05, 0) is 41.7 Å². The van der Waals surface area contributed by atoms with Gasteiger partial charge in [0.05, 0.1) is 0 Å². The first-order valence-electron chi connectivity index (χ1n) is 7.08. The highest BCUT2D eigenvalue weighted by Gasteiger charge is 2.38. The lowest BCUT2D eigenvalue weighted by Gasteiger charge is -2.37. The molecule has 3 nitrogen and oxygen atoms in total. The molecule has 0 unspecified atom stereocenters. The van der Waals surface area contributed by atoms with E-state index in [2.05, 4.69) is 35.1 Å². The van der Waals surface area contributed by atoms with Crippen LogP contribution >= 0.6 is 15.9 Å². The van der Waals surface area contributed by atoms with Gasteiger partial charge >= 0.3 is 0 Å². The Bertz CT molecular complexity index is 575. The maximum atomic E-state index is 12.2. The van der Waals surface area contributed by atoms with Crippen molar-refractivity contribution in [1.29, 1.82) is 0 Å². The fourth-order valence-electron chi connectivity index (χ4n) is 2.80. The summed E-state index contributed by atoms with van der Waals surface area (Å²) in [5.41, 5.74) is 0.621. The third-order valence-electron chi connectivity index (χ3n) is 4.22. The second-order valence-electron chi connectivity index (χ2n) is 6.21. The van der Waals surface area contributed by atoms with E-state index >= 15 is 0 Å². The number of halogens is 1. The second kappa shape index (κ2) is 6.14. The van der Waals surface area contributed by atoms with E-state index < -0.39 is 0 Å². The molecule has 0 spiro atoms. The van der Waals surface area contributed by atoms with Gasteiger partial charge in [0.1, 0.15) is 0 Å². The molecule has 0 heterocycles. The Morgan fingerprint density at radius 2 is 1.90 bits per heavy atom. The van der Waals surface area contributed by atoms with Crippen LogP contribution in [-0.2, 0) is 9.59 Å². The number of carbonyl (C=O) groups excluding carboxylic acids is 2. The predicted octanol–water partition coefficient (Wildman–Crippen LogP) is 4.20. The fraction of sp³-hybridized carbons (Fsp3) is 0.412. The van der Waals surface area contributed by atoms with E-state index in [-0.39, 0.29) is 28.9 Å². The Labute approximate surface area is 133 Å². The highest BCUT2D eigenvalue weighted by molar-refractivity contribution is 9.10. The van der Waals surface area contributed by atoms with Crippen molar-refractivity contribution in [2.24, 2.45) is 17.3 Å². The maximum absolute atomic E-state index is 12.2. The predicted molar refractivity (Wildman–Crippen MR) is 88.0 cm³/mol. The summed E-state index contributed by atoms with van der Waals surface area (Å²) in [5.74, 6) is -0.0489. The Hall–Kier alpha value is -1.42. The molecule has 21 heavy (non-hydrogen) atoms. The number of nitrogens with one attached hydrogen (secondary N) is 1. The minimum Gasteiger partial charge on any atom is -0.326 e. The van der Waals surface area contributed by atoms with Gasteiger partial charge in [-0.1, -0.05) is 42.8 Å². The number of amides is 1. The van der Waals surface area contributed by atoms with Crippen molar-refractivity contribution in [2.45, 2.75) is 27.2 Å². The van der Waals surface area contributed by atoms with Crippen LogP contribution in [0.1, 0.15) is 27.2 Å². The van der Waals surface area contributed by atoms with Crippen molar-refractivity contribution in [2.75, 3.05) is 5.32 Å². The van der Waals surface area contributed by atoms with E-state index in [0.717, 1.165) is 10.2 Å². The van der Waals surface area contributed by atoms with E-state index in [9.17, 15) is 9.59 Å². The maximum Gasteiger partial charge on any atom is 0.224 e. The van der Waals surface area contributed by atoms with Crippen LogP contribution in [0.25, 0.3) is 0 Å². The van der Waals surface area contributed by atoms with E-state index in [0.29, 0.717) is 6.42 Å². The minimum atomic E-state index is -0.148. The zero-order chi connectivity index (χ0) is 15.6. The van der Waals surface area contributed by atoms with Gasteiger partial charge in [-0.15, -0.1) is 0 Å². The third kappa shape index (κ3) is 3.82. The Balaban J connectivity index is 2.06. The second-order valence-corrected chi connectivity index (χ2v) is 7.13. The van der Waals surface area contributed by atoms with Crippen LogP contribution in [-0.4, -0.2) is 11.7 Å². The number of hydrogen-bond donors (Lipinski definition) is 1. The molecule has 1 aliphatic rings. The molecule has 2 rings (SSSR count). The summed E-state index contributed by atoms with van der Waals surface area (Å²) in [5, 5.41) is 2.89. The number of allylic oxidation sites excluding steroid dienone is 2. The van der Waals surface area contributed by atoms with Gasteiger partial charge in [0.2, 0.25) is 5.91 Å². The molecular formula is C17H20BrNO2. The van der Waals surface area contributed by atoms with E-state index in [1.807, 2.05) is 37.3 Å². The van der Waals surface area contributed by atoms with Gasteiger partial charge in [-0.2, -0.15) is 0 Å². The molecule has 1 aromatic carbocycles. The highest BCUT2D eigenvalue weighted by Crippen LogP contribution is 2.40. The van der Waals surface area contributed by atoms with Gasteiger partial charge in [0, 0.05) is 22.5 Å². The zero-order valence-electron chi connectivity index (χ0n) is 12.5. The molecule has 0 saturated heterocycles. The molecule has 4 heteroatoms. The van der Waals surface area contributed by atoms with Gasteiger partial charge in [-0.25, -0.2) is 0 Å². The molecule has 2 atom stereocenters. The Morgan fingerprint density at radius 3 is 2.52 bits per heavy atom. The summed E-state index contributed by atoms with van der Waals surface area (Å²) in [6.45, 7) is 6.05. The first kappa shape index (κ1) is 16.0. The topological polar surface area (TPSA) is 46.2 Å². The SMILES string of the molecule is C[C@H]1C(=O)C=CC(C)(C)[C@@H]1CC(=O)Nc1ccc(Br)cc1. The van der Waals surface area contributed by atoms with E-state index in [1.165, 1.54) is 0 Å². The van der Waals surface area contributed by atoms with Crippen molar-refractivity contribution in [3.8, 4) is 0 Å². The van der Waals surface area contributed by atoms with Crippen molar-refractivity contribution in [1.82, 2.24) is 0 Å². The molecule has 0 aromatic heterocycles. The smallest absolute Gasteiger partial charge is 0.224 e. The first-order valence-corrected chi connectivity index (χ1v) is 7.87. The first-order chi connectivity index (χ1) is 9.79. The molecule has 0 fully saturated rings. The van der Waals surface area contributed by atoms with E-state index in [4.69, 9.17) is 0 Å². The molecule has 1 aliphatic carbocycles. The number of benzene rings is 1. The van der Waals surface area contributed by atoms with Crippen LogP contribution in [0.15, 0.2) is 40.9 Å². The van der Waals surface area contributed by atoms with E-state index in [1.54, 1.807) is 6.08 Å². The zero-order valence-corrected chi connectivity index (χ0v) is 14.1. The van der Waals surface area contributed by atoms with Crippen molar-refractivity contribution in [3.05, 3.63) is 40.9 Å². The Kier molecular flexibility index (Phi) is 4.67. The van der Waals surface area contributed by atoms with Crippen molar-refractivity contribution in [3.63, 3.8) is 0 Å². The van der Waals surface area contributed by atoms with Crippen LogP contribution in [0.5, 0.6) is 0 Å². The van der Waals surface area contributed by atoms with Crippen molar-refractivity contribution >= 4 is 33.3 Å². The number of anilines is 1. The lowest BCUT2D eigenvalue weighted by Crippen LogP contribution is -2.37. The highest BCUT2D eigenvalue weighted by atomic mass is 79.9. The molecule has 112 valence electrons. The molecule has 0 bridgehead atoms. The van der Waals surface area contributed by atoms with Gasteiger partial charge in [-0.3, -0.25) is 9.59 Å². The van der Waals surface area contributed by atoms with Crippen LogP contribution in [0.4, 0.5) is 5.69 Å². The molecule has 0 aliphatic heterocycles. The normalized spacial score (nSPS) is 23.9. The number of rotatable bonds is 3. The number of hydrogen-bond acceptors (Lipinski definition) is 2. The van der Waals surface area contributed by atoms with Crippen molar-refractivity contribution < 1.29 is 9.59 Å². The lowest BCUT2D eigenvalue weighted by molar-refractivity contribution is -0.123. The van der Waals surface area contributed by atoms with Gasteiger partial charge < -0.3 is 5.32 Å². The summed E-state index contributed by atoms with van der Waals surface area (Å²) in [7, 11) is 0. The summed E-state index contributed by atoms with van der Waals surface area (Å²) in [6, 6.07) is 7.47. The Morgan fingerprint density at radius 1 is 1.29 bits per heavy atom. The van der Waals surface area contributed by atoms with Crippen LogP contribution < -0.4 is 5.32 Å². The molecule has 0 saturated carbocycles. The molecule has 1 amide bonds. The monoisotopic (exact) mass is 349 g/mol. The summed E-state index contributed by atoms with van der Waals surface area (Å²) in [4.78, 5) is 24.1. The molecule has 0 radical (unpaired) electrons. The largest absolute Gasteiger partial charge is 0.326 e. The summed E-state index contributed by atoms with van der Waals surface area (Å²) in [6.07, 6.45) is 3.92. The molecular weight excluding hydrogens is 330 g/mol. The summed E-state index contributed by atoms with van der Waals surface area (Å²) < 4.78 is 0.971. The average molecular weight is 350 g/mol. The quantitative estimate of drug-likeness (QED) is 0.888. The summed E-state index contributed by atoms with van der Waals surface area (Å²) >= 11 is 3.36. The van der Waals surface area contributed by atoms with Crippen LogP contribution in [0, 0.1) is 17.3 Å². The number of ketones is 1. The van der Waals surface area contributed by atoms with Crippen LogP contribution in [0.2, 0.25) is 0 Å². The minimum absolute atomic E-state index is 0.0189. The lowest BCUT2D eigenvalue weighted by atomic mass is 9.66. The number of carbonyl (C=O) groups is 2. The third-order valence-corrected chi connectivity index (χ3v) is 4.75. The molecule has 1 aromatic rings. The molecule has 1 N–H and O–H groups in total. The van der Waals surface area contributed by atoms with Crippen LogP contribution in [0.3, 0.4) is 0 Å². The average Bonchev–Trinajstić information content (AvgIpc) is 2.42. The van der Waals surface area contributed by atoms with Gasteiger partial charge in [0.15, 0.2) is 5.78 Å². The fourth-order valence-corrected chi connectivity index (χ4v) is 3.06. The standard InChI is InChI=1S/C17H20BrNO2/c1-11-14(17(2,3)9-8-15(11)20)10-16(21)19-13-6-4-12(18)5-7-13/h4-9,11,14H,10H2,1-3H3,(H,19,21)/t11-,14-/m1/s1. The van der Waals surface area contributed by atoms with Gasteiger partial charge in [0.25, 0.3) is 0 Å².